The number of alkyl halides is 1. The molecule has 0 bridgehead atoms. The van der Waals surface area contributed by atoms with E-state index in [4.69, 9.17) is 0 Å². The van der Waals surface area contributed by atoms with E-state index in [9.17, 15) is 33.1 Å². The van der Waals surface area contributed by atoms with Crippen molar-refractivity contribution in [2.45, 2.75) is 75.7 Å². The summed E-state index contributed by atoms with van der Waals surface area (Å²) in [5.41, 5.74) is 0.515. The van der Waals surface area contributed by atoms with E-state index in [1.165, 1.54) is 0 Å². The molecule has 14 nitrogen and oxygen atoms in total. The Labute approximate surface area is 339 Å². The molecule has 6 aliphatic rings. The average Bonchev–Trinajstić information content (AvgIpc) is 3.57. The van der Waals surface area contributed by atoms with Crippen LogP contribution in [0.15, 0.2) is 36.4 Å². The van der Waals surface area contributed by atoms with E-state index in [-0.39, 0.29) is 48.9 Å². The maximum Gasteiger partial charge on any atom is 0.260 e. The third kappa shape index (κ3) is 7.00. The smallest absolute Gasteiger partial charge is 0.260 e. The summed E-state index contributed by atoms with van der Waals surface area (Å²) in [6, 6.07) is 8.52. The number of phenolic OH excluding ortho intramolecular Hbond substituents is 1. The Morgan fingerprint density at radius 1 is 0.949 bits per heavy atom. The van der Waals surface area contributed by atoms with E-state index in [0.29, 0.717) is 81.2 Å². The molecule has 0 saturated carbocycles. The monoisotopic (exact) mass is 815 g/mol. The van der Waals surface area contributed by atoms with Gasteiger partial charge in [-0.2, -0.15) is 0 Å². The fourth-order valence-corrected chi connectivity index (χ4v) is 10.0. The van der Waals surface area contributed by atoms with Gasteiger partial charge < -0.3 is 34.9 Å². The zero-order valence-corrected chi connectivity index (χ0v) is 33.0. The van der Waals surface area contributed by atoms with Gasteiger partial charge in [0.15, 0.2) is 23.1 Å². The molecule has 59 heavy (non-hydrogen) atoms. The quantitative estimate of drug-likeness (QED) is 0.299. The Balaban J connectivity index is 0.780. The number of piperidine rings is 3. The number of amides is 4. The number of hydrogen-bond donors (Lipinski definition) is 3. The van der Waals surface area contributed by atoms with E-state index >= 15 is 4.39 Å². The number of anilines is 3. The first kappa shape index (κ1) is 39.0. The number of imide groups is 1. The van der Waals surface area contributed by atoms with Gasteiger partial charge in [-0.25, -0.2) is 13.2 Å². The van der Waals surface area contributed by atoms with E-state index < -0.39 is 46.4 Å². The van der Waals surface area contributed by atoms with Gasteiger partial charge in [0, 0.05) is 108 Å². The van der Waals surface area contributed by atoms with Crippen LogP contribution in [0.4, 0.5) is 30.4 Å². The molecular formula is C42H48F3N9O5. The Bertz CT molecular complexity index is 2210. The van der Waals surface area contributed by atoms with Crippen molar-refractivity contribution in [2.75, 3.05) is 74.0 Å². The van der Waals surface area contributed by atoms with Crippen LogP contribution in [0.25, 0.3) is 11.3 Å². The second kappa shape index (κ2) is 15.0. The van der Waals surface area contributed by atoms with Gasteiger partial charge in [-0.05, 0) is 61.4 Å². The molecule has 4 fully saturated rings. The first-order chi connectivity index (χ1) is 28.3. The molecule has 6 aliphatic heterocycles. The molecule has 4 saturated heterocycles. The number of rotatable bonds is 7. The van der Waals surface area contributed by atoms with Crippen LogP contribution in [0.5, 0.6) is 5.75 Å². The molecule has 0 aliphatic carbocycles. The lowest BCUT2D eigenvalue weighted by Crippen LogP contribution is -2.69. The largest absolute Gasteiger partial charge is 0.504 e. The summed E-state index contributed by atoms with van der Waals surface area (Å²) in [7, 11) is 0. The summed E-state index contributed by atoms with van der Waals surface area (Å²) in [4.78, 5) is 61.3. The second-order valence-corrected chi connectivity index (χ2v) is 17.0. The van der Waals surface area contributed by atoms with E-state index in [1.807, 2.05) is 25.1 Å². The van der Waals surface area contributed by atoms with Gasteiger partial charge in [-0.1, -0.05) is 13.0 Å². The zero-order chi connectivity index (χ0) is 41.2. The lowest BCUT2D eigenvalue weighted by atomic mass is 9.85. The highest BCUT2D eigenvalue weighted by atomic mass is 19.1. The van der Waals surface area contributed by atoms with Gasteiger partial charge in [0.1, 0.15) is 11.9 Å². The highest BCUT2D eigenvalue weighted by Crippen LogP contribution is 2.43. The number of halogens is 3. The van der Waals surface area contributed by atoms with Crippen molar-refractivity contribution in [2.24, 2.45) is 5.92 Å². The van der Waals surface area contributed by atoms with Crippen molar-refractivity contribution in [1.82, 2.24) is 30.2 Å². The molecule has 312 valence electrons. The molecular weight excluding hydrogens is 768 g/mol. The standard InChI is InChI=1S/C42H48F3N9O5/c1-2-41-23-46-37-34(20-32(48-49-37)30-17-27(43)18-31(44)36(30)56)54(41)16-15-52(24-41)40(59)42(45)9-13-50(14-10-42)21-25-7-11-51(12-8-25)28-4-3-26-22-53(39(58)29(26)19-28)33-5-6-35(55)47-38(33)57/h3-4,17-20,25,33,56H,2,5-16,21-24H2,1H3,(H,46,49)(H,47,55,57)/t33-,41?/m0/s1. The molecule has 4 amide bonds. The van der Waals surface area contributed by atoms with Gasteiger partial charge in [-0.3, -0.25) is 24.5 Å². The minimum atomic E-state index is -1.96. The summed E-state index contributed by atoms with van der Waals surface area (Å²) < 4.78 is 44.9. The first-order valence-corrected chi connectivity index (χ1v) is 20.7. The summed E-state index contributed by atoms with van der Waals surface area (Å²) in [5, 5.41) is 24.3. The van der Waals surface area contributed by atoms with Crippen molar-refractivity contribution >= 4 is 40.8 Å². The molecule has 1 aromatic heterocycles. The molecule has 3 aromatic rings. The van der Waals surface area contributed by atoms with Gasteiger partial charge in [-0.15, -0.1) is 10.2 Å². The van der Waals surface area contributed by atoms with Gasteiger partial charge >= 0.3 is 0 Å². The van der Waals surface area contributed by atoms with Crippen LogP contribution in [0, 0.1) is 17.6 Å². The van der Waals surface area contributed by atoms with Crippen molar-refractivity contribution in [3.8, 4) is 17.0 Å². The number of phenols is 1. The van der Waals surface area contributed by atoms with E-state index in [2.05, 4.69) is 35.5 Å². The Morgan fingerprint density at radius 3 is 2.47 bits per heavy atom. The predicted octanol–water partition coefficient (Wildman–Crippen LogP) is 3.83. The number of carbonyl (C=O) groups is 4. The second-order valence-electron chi connectivity index (χ2n) is 17.0. The fourth-order valence-electron chi connectivity index (χ4n) is 10.0. The van der Waals surface area contributed by atoms with Crippen LogP contribution < -0.4 is 20.4 Å². The molecule has 0 radical (unpaired) electrons. The van der Waals surface area contributed by atoms with Crippen LogP contribution in [-0.2, 0) is 20.9 Å². The van der Waals surface area contributed by atoms with Gasteiger partial charge in [0.05, 0.1) is 16.9 Å². The number of nitrogens with one attached hydrogen (secondary N) is 2. The number of hydrogen-bond acceptors (Lipinski definition) is 11. The number of likely N-dealkylation sites (tertiary alicyclic amines) is 1. The van der Waals surface area contributed by atoms with Crippen LogP contribution in [0.3, 0.4) is 0 Å². The Morgan fingerprint density at radius 2 is 1.73 bits per heavy atom. The molecule has 3 N–H and O–H groups in total. The minimum absolute atomic E-state index is 0.102. The summed E-state index contributed by atoms with van der Waals surface area (Å²) in [5.74, 6) is -3.17. The maximum atomic E-state index is 16.6. The summed E-state index contributed by atoms with van der Waals surface area (Å²) in [6.07, 6.45) is 3.30. The van der Waals surface area contributed by atoms with Gasteiger partial charge in [0.25, 0.3) is 11.8 Å². The van der Waals surface area contributed by atoms with Crippen molar-refractivity contribution in [3.05, 3.63) is 59.2 Å². The topological polar surface area (TPSA) is 155 Å². The first-order valence-electron chi connectivity index (χ1n) is 20.7. The molecule has 0 spiro atoms. The average molecular weight is 816 g/mol. The van der Waals surface area contributed by atoms with Crippen molar-refractivity contribution in [1.29, 1.82) is 0 Å². The highest BCUT2D eigenvalue weighted by molar-refractivity contribution is 6.05. The number of aromatic nitrogens is 2. The lowest BCUT2D eigenvalue weighted by molar-refractivity contribution is -0.149. The fraction of sp³-hybridized carbons (Fsp3) is 0.524. The number of fused-ring (bicyclic) bond motifs is 4. The number of nitrogens with zero attached hydrogens (tertiary/aromatic N) is 7. The van der Waals surface area contributed by atoms with Crippen LogP contribution >= 0.6 is 0 Å². The van der Waals surface area contributed by atoms with Crippen molar-refractivity contribution < 1.29 is 37.5 Å². The third-order valence-electron chi connectivity index (χ3n) is 13.6. The van der Waals surface area contributed by atoms with Crippen LogP contribution in [-0.4, -0.2) is 130 Å². The summed E-state index contributed by atoms with van der Waals surface area (Å²) in [6.45, 7) is 7.22. The number of benzene rings is 2. The third-order valence-corrected chi connectivity index (χ3v) is 13.6. The molecule has 7 heterocycles. The highest BCUT2D eigenvalue weighted by Gasteiger charge is 2.51. The van der Waals surface area contributed by atoms with E-state index in [0.717, 1.165) is 49.8 Å². The van der Waals surface area contributed by atoms with Gasteiger partial charge in [0.2, 0.25) is 11.8 Å². The number of aromatic hydroxyl groups is 1. The molecule has 2 atom stereocenters. The predicted molar refractivity (Wildman–Crippen MR) is 211 cm³/mol. The minimum Gasteiger partial charge on any atom is -0.504 e. The SMILES string of the molecule is CCC12CNc3nnc(-c4cc(F)cc(F)c4O)cc3N1CCN(C(=O)C1(F)CCN(CC3CCN(c4ccc5c(c4)C(=O)N([C@H]4CCC(=O)NC4=O)C5)CC3)CC1)C2. The van der Waals surface area contributed by atoms with Crippen LogP contribution in [0.1, 0.15) is 67.8 Å². The molecule has 9 rings (SSSR count). The zero-order valence-electron chi connectivity index (χ0n) is 33.0. The van der Waals surface area contributed by atoms with Crippen LogP contribution in [0.2, 0.25) is 0 Å². The molecule has 17 heteroatoms. The Kier molecular flexibility index (Phi) is 9.91. The maximum absolute atomic E-state index is 16.6. The number of carbonyl (C=O) groups excluding carboxylic acids is 4. The molecule has 2 aromatic carbocycles. The Hall–Kier alpha value is -5.45. The van der Waals surface area contributed by atoms with E-state index in [1.54, 1.807) is 15.9 Å². The summed E-state index contributed by atoms with van der Waals surface area (Å²) >= 11 is 0. The molecule has 1 unspecified atom stereocenters. The lowest BCUT2D eigenvalue weighted by Gasteiger charge is -2.55. The number of piperazine rings is 1. The normalized spacial score (nSPS) is 24.7. The van der Waals surface area contributed by atoms with Crippen molar-refractivity contribution in [3.63, 3.8) is 0 Å².